The van der Waals surface area contributed by atoms with Crippen molar-refractivity contribution in [2.75, 3.05) is 10.6 Å². The maximum Gasteiger partial charge on any atom is 0.268 e. The molecule has 2 amide bonds. The van der Waals surface area contributed by atoms with Gasteiger partial charge in [0, 0.05) is 9.26 Å². The van der Waals surface area contributed by atoms with E-state index in [1.165, 1.54) is 18.2 Å². The van der Waals surface area contributed by atoms with Gasteiger partial charge in [0.1, 0.15) is 5.82 Å². The number of halogens is 2. The molecule has 3 rings (SSSR count). The summed E-state index contributed by atoms with van der Waals surface area (Å²) in [6.45, 7) is 0. The molecule has 0 spiro atoms. The van der Waals surface area contributed by atoms with E-state index in [1.807, 2.05) is 22.6 Å². The number of hydrogen-bond donors (Lipinski definition) is 1. The number of nitrogen functional groups attached to an aromatic ring is 1. The Bertz CT molecular complexity index is 761. The van der Waals surface area contributed by atoms with Crippen LogP contribution in [-0.4, -0.2) is 11.8 Å². The first-order chi connectivity index (χ1) is 9.50. The molecule has 0 radical (unpaired) electrons. The summed E-state index contributed by atoms with van der Waals surface area (Å²) in [5.74, 6) is -1.34. The van der Waals surface area contributed by atoms with Gasteiger partial charge in [-0.2, -0.15) is 0 Å². The monoisotopic (exact) mass is 382 g/mol. The van der Waals surface area contributed by atoms with Crippen LogP contribution in [0.25, 0.3) is 0 Å². The first-order valence-electron chi connectivity index (χ1n) is 5.73. The van der Waals surface area contributed by atoms with E-state index in [4.69, 9.17) is 5.73 Å². The maximum atomic E-state index is 13.1. The number of benzene rings is 2. The number of amides is 2. The lowest BCUT2D eigenvalue weighted by Crippen LogP contribution is -2.30. The van der Waals surface area contributed by atoms with E-state index < -0.39 is 17.6 Å². The molecule has 100 valence electrons. The number of anilines is 2. The van der Waals surface area contributed by atoms with Gasteiger partial charge in [0.2, 0.25) is 0 Å². The van der Waals surface area contributed by atoms with Crippen LogP contribution in [0.2, 0.25) is 0 Å². The predicted octanol–water partition coefficient (Wildman–Crippen LogP) is 2.81. The zero-order valence-corrected chi connectivity index (χ0v) is 12.2. The molecule has 0 bridgehead atoms. The lowest BCUT2D eigenvalue weighted by Gasteiger charge is -2.15. The summed E-state index contributed by atoms with van der Waals surface area (Å²) in [6.07, 6.45) is 0. The van der Waals surface area contributed by atoms with E-state index in [9.17, 15) is 14.0 Å². The van der Waals surface area contributed by atoms with Crippen molar-refractivity contribution in [3.63, 3.8) is 0 Å². The number of rotatable bonds is 1. The minimum absolute atomic E-state index is 0.206. The van der Waals surface area contributed by atoms with Crippen LogP contribution in [0.4, 0.5) is 15.8 Å². The Kier molecular flexibility index (Phi) is 2.97. The van der Waals surface area contributed by atoms with Gasteiger partial charge < -0.3 is 5.73 Å². The van der Waals surface area contributed by atoms with Crippen molar-refractivity contribution in [2.24, 2.45) is 0 Å². The SMILES string of the molecule is Nc1cccc2c1C(=O)N(c1ccc(F)cc1I)C2=O. The second-order valence-corrected chi connectivity index (χ2v) is 5.47. The largest absolute Gasteiger partial charge is 0.398 e. The van der Waals surface area contributed by atoms with Crippen LogP contribution in [0.5, 0.6) is 0 Å². The fourth-order valence-electron chi connectivity index (χ4n) is 2.19. The van der Waals surface area contributed by atoms with Crippen LogP contribution in [0, 0.1) is 9.39 Å². The molecule has 1 heterocycles. The van der Waals surface area contributed by atoms with Crippen LogP contribution in [0.1, 0.15) is 20.7 Å². The summed E-state index contributed by atoms with van der Waals surface area (Å²) in [4.78, 5) is 25.8. The van der Waals surface area contributed by atoms with Crippen molar-refractivity contribution in [1.82, 2.24) is 0 Å². The fourth-order valence-corrected chi connectivity index (χ4v) is 2.91. The molecule has 6 heteroatoms. The highest BCUT2D eigenvalue weighted by Crippen LogP contribution is 2.34. The molecule has 2 aromatic carbocycles. The number of nitrogens with zero attached hydrogens (tertiary/aromatic N) is 1. The summed E-state index contributed by atoms with van der Waals surface area (Å²) in [6, 6.07) is 8.64. The number of nitrogens with two attached hydrogens (primary N) is 1. The van der Waals surface area contributed by atoms with Gasteiger partial charge in [-0.15, -0.1) is 0 Å². The summed E-state index contributed by atoms with van der Waals surface area (Å²) >= 11 is 1.89. The van der Waals surface area contributed by atoms with Crippen LogP contribution in [0.15, 0.2) is 36.4 Å². The van der Waals surface area contributed by atoms with Crippen molar-refractivity contribution in [2.45, 2.75) is 0 Å². The van der Waals surface area contributed by atoms with Crippen molar-refractivity contribution in [1.29, 1.82) is 0 Å². The average molecular weight is 382 g/mol. The van der Waals surface area contributed by atoms with E-state index >= 15 is 0 Å². The molecule has 4 nitrogen and oxygen atoms in total. The molecule has 0 aromatic heterocycles. The molecule has 0 fully saturated rings. The Hall–Kier alpha value is -1.96. The maximum absolute atomic E-state index is 13.1. The standard InChI is InChI=1S/C14H8FIN2O2/c15-7-4-5-11(9(16)6-7)18-13(19)8-2-1-3-10(17)12(8)14(18)20/h1-6H,17H2. The van der Waals surface area contributed by atoms with Crippen molar-refractivity contribution < 1.29 is 14.0 Å². The lowest BCUT2D eigenvalue weighted by molar-refractivity contribution is 0.0926. The third kappa shape index (κ3) is 1.79. The molecule has 0 aliphatic carbocycles. The van der Waals surface area contributed by atoms with Crippen LogP contribution < -0.4 is 10.6 Å². The summed E-state index contributed by atoms with van der Waals surface area (Å²) in [5, 5.41) is 0. The molecule has 20 heavy (non-hydrogen) atoms. The van der Waals surface area contributed by atoms with Crippen molar-refractivity contribution in [3.8, 4) is 0 Å². The predicted molar refractivity (Wildman–Crippen MR) is 81.1 cm³/mol. The molecule has 0 saturated carbocycles. The van der Waals surface area contributed by atoms with Crippen LogP contribution >= 0.6 is 22.6 Å². The Morgan fingerprint density at radius 2 is 1.85 bits per heavy atom. The Balaban J connectivity index is 2.17. The van der Waals surface area contributed by atoms with Crippen LogP contribution in [-0.2, 0) is 0 Å². The third-order valence-corrected chi connectivity index (χ3v) is 3.96. The molecular formula is C14H8FIN2O2. The van der Waals surface area contributed by atoms with Gasteiger partial charge in [0.25, 0.3) is 11.8 Å². The molecule has 0 atom stereocenters. The van der Waals surface area contributed by atoms with Gasteiger partial charge in [-0.1, -0.05) is 6.07 Å². The van der Waals surface area contributed by atoms with E-state index in [0.717, 1.165) is 4.90 Å². The number of carbonyl (C=O) groups is 2. The number of imide groups is 1. The number of carbonyl (C=O) groups excluding carboxylic acids is 2. The highest BCUT2D eigenvalue weighted by atomic mass is 127. The van der Waals surface area contributed by atoms with Gasteiger partial charge in [-0.3, -0.25) is 9.59 Å². The highest BCUT2D eigenvalue weighted by Gasteiger charge is 2.38. The first-order valence-corrected chi connectivity index (χ1v) is 6.81. The number of hydrogen-bond acceptors (Lipinski definition) is 3. The zero-order chi connectivity index (χ0) is 14.4. The van der Waals surface area contributed by atoms with E-state index in [-0.39, 0.29) is 16.8 Å². The molecule has 1 aliphatic heterocycles. The van der Waals surface area contributed by atoms with E-state index in [2.05, 4.69) is 0 Å². The zero-order valence-electron chi connectivity index (χ0n) is 10.1. The second-order valence-electron chi connectivity index (χ2n) is 4.31. The topological polar surface area (TPSA) is 63.4 Å². The normalized spacial score (nSPS) is 13.8. The molecule has 2 N–H and O–H groups in total. The van der Waals surface area contributed by atoms with E-state index in [1.54, 1.807) is 18.2 Å². The first kappa shape index (κ1) is 13.0. The number of fused-ring (bicyclic) bond motifs is 1. The summed E-state index contributed by atoms with van der Waals surface area (Å²) in [7, 11) is 0. The Morgan fingerprint density at radius 3 is 2.50 bits per heavy atom. The molecule has 0 unspecified atom stereocenters. The van der Waals surface area contributed by atoms with Gasteiger partial charge in [0.15, 0.2) is 0 Å². The third-order valence-electron chi connectivity index (χ3n) is 3.10. The van der Waals surface area contributed by atoms with Gasteiger partial charge >= 0.3 is 0 Å². The minimum atomic E-state index is -0.479. The van der Waals surface area contributed by atoms with Gasteiger partial charge in [-0.25, -0.2) is 9.29 Å². The van der Waals surface area contributed by atoms with Gasteiger partial charge in [-0.05, 0) is 52.9 Å². The van der Waals surface area contributed by atoms with Gasteiger partial charge in [0.05, 0.1) is 16.8 Å². The fraction of sp³-hybridized carbons (Fsp3) is 0. The molecule has 1 aliphatic rings. The quantitative estimate of drug-likeness (QED) is 0.469. The van der Waals surface area contributed by atoms with E-state index in [0.29, 0.717) is 9.26 Å². The average Bonchev–Trinajstić information content (AvgIpc) is 2.64. The molecule has 0 saturated heterocycles. The van der Waals surface area contributed by atoms with Crippen LogP contribution in [0.3, 0.4) is 0 Å². The second kappa shape index (κ2) is 4.55. The minimum Gasteiger partial charge on any atom is -0.398 e. The summed E-state index contributed by atoms with van der Waals surface area (Å²) < 4.78 is 13.6. The highest BCUT2D eigenvalue weighted by molar-refractivity contribution is 14.1. The lowest BCUT2D eigenvalue weighted by atomic mass is 10.1. The molecule has 2 aromatic rings. The van der Waals surface area contributed by atoms with Crippen molar-refractivity contribution >= 4 is 45.8 Å². The van der Waals surface area contributed by atoms with Crippen molar-refractivity contribution in [3.05, 3.63) is 56.9 Å². The summed E-state index contributed by atoms with van der Waals surface area (Å²) in [5.41, 5.74) is 6.87. The Labute approximate surface area is 127 Å². The molecular weight excluding hydrogens is 374 g/mol. The Morgan fingerprint density at radius 1 is 1.10 bits per heavy atom. The smallest absolute Gasteiger partial charge is 0.268 e.